The van der Waals surface area contributed by atoms with Gasteiger partial charge in [0.05, 0.1) is 12.2 Å². The van der Waals surface area contributed by atoms with E-state index in [4.69, 9.17) is 0 Å². The Labute approximate surface area is 119 Å². The molecule has 0 bridgehead atoms. The molecule has 2 aromatic rings. The molecule has 0 aliphatic heterocycles. The highest BCUT2D eigenvalue weighted by Crippen LogP contribution is 2.29. The van der Waals surface area contributed by atoms with Crippen molar-refractivity contribution in [1.29, 1.82) is 0 Å². The van der Waals surface area contributed by atoms with E-state index in [1.807, 2.05) is 30.3 Å². The summed E-state index contributed by atoms with van der Waals surface area (Å²) in [6, 6.07) is 10.0. The molecule has 20 heavy (non-hydrogen) atoms. The molecule has 2 unspecified atom stereocenters. The Morgan fingerprint density at radius 2 is 2.10 bits per heavy atom. The van der Waals surface area contributed by atoms with Crippen LogP contribution in [0.1, 0.15) is 32.0 Å². The minimum absolute atomic E-state index is 0.715. The Hall–Kier alpha value is -1.75. The van der Waals surface area contributed by atoms with Gasteiger partial charge in [-0.25, -0.2) is 0 Å². The van der Waals surface area contributed by atoms with Crippen molar-refractivity contribution in [2.45, 2.75) is 32.7 Å². The average Bonchev–Trinajstić information content (AvgIpc) is 3.09. The van der Waals surface area contributed by atoms with Gasteiger partial charge in [-0.15, -0.1) is 5.10 Å². The van der Waals surface area contributed by atoms with Gasteiger partial charge in [-0.05, 0) is 53.8 Å². The number of nitrogens with one attached hydrogen (secondary N) is 1. The van der Waals surface area contributed by atoms with Crippen LogP contribution >= 0.6 is 0 Å². The van der Waals surface area contributed by atoms with Gasteiger partial charge < -0.3 is 5.32 Å². The van der Waals surface area contributed by atoms with Crippen LogP contribution in [0.25, 0.3) is 5.69 Å². The summed E-state index contributed by atoms with van der Waals surface area (Å²) in [5.41, 5.74) is 1.00. The first-order valence-electron chi connectivity index (χ1n) is 7.36. The maximum Gasteiger partial charge on any atom is 0.170 e. The molecule has 1 aliphatic rings. The summed E-state index contributed by atoms with van der Waals surface area (Å²) in [5, 5.41) is 15.5. The van der Waals surface area contributed by atoms with Crippen molar-refractivity contribution in [2.24, 2.45) is 11.8 Å². The summed E-state index contributed by atoms with van der Waals surface area (Å²) in [6.07, 6.45) is 4.06. The van der Waals surface area contributed by atoms with E-state index in [0.717, 1.165) is 29.9 Å². The fourth-order valence-electron chi connectivity index (χ4n) is 2.98. The van der Waals surface area contributed by atoms with Crippen LogP contribution in [0.2, 0.25) is 0 Å². The van der Waals surface area contributed by atoms with Crippen molar-refractivity contribution in [3.63, 3.8) is 0 Å². The van der Waals surface area contributed by atoms with Crippen molar-refractivity contribution in [2.75, 3.05) is 6.54 Å². The lowest BCUT2D eigenvalue weighted by molar-refractivity contribution is 0.464. The highest BCUT2D eigenvalue weighted by atomic mass is 15.5. The first-order valence-corrected chi connectivity index (χ1v) is 7.36. The summed E-state index contributed by atoms with van der Waals surface area (Å²) < 4.78 is 1.80. The first kappa shape index (κ1) is 13.2. The van der Waals surface area contributed by atoms with Gasteiger partial charge in [-0.3, -0.25) is 0 Å². The maximum atomic E-state index is 4.11. The van der Waals surface area contributed by atoms with Crippen LogP contribution in [0.15, 0.2) is 30.3 Å². The van der Waals surface area contributed by atoms with Gasteiger partial charge in [0, 0.05) is 0 Å². The fourth-order valence-corrected chi connectivity index (χ4v) is 2.98. The minimum Gasteiger partial charge on any atom is -0.310 e. The van der Waals surface area contributed by atoms with Crippen molar-refractivity contribution in [1.82, 2.24) is 25.5 Å². The SMILES string of the molecule is CC1CCC(CNCc2nnnn2-c2ccccc2)C1. The van der Waals surface area contributed by atoms with E-state index < -0.39 is 0 Å². The largest absolute Gasteiger partial charge is 0.310 e. The number of nitrogens with zero attached hydrogens (tertiary/aromatic N) is 4. The number of aromatic nitrogens is 4. The summed E-state index contributed by atoms with van der Waals surface area (Å²) in [4.78, 5) is 0. The molecule has 5 nitrogen and oxygen atoms in total. The lowest BCUT2D eigenvalue weighted by Gasteiger charge is -2.11. The smallest absolute Gasteiger partial charge is 0.170 e. The second-order valence-corrected chi connectivity index (χ2v) is 5.76. The third-order valence-electron chi connectivity index (χ3n) is 4.05. The van der Waals surface area contributed by atoms with Gasteiger partial charge >= 0.3 is 0 Å². The zero-order chi connectivity index (χ0) is 13.8. The van der Waals surface area contributed by atoms with Gasteiger partial charge in [0.15, 0.2) is 5.82 Å². The van der Waals surface area contributed by atoms with Gasteiger partial charge in [-0.1, -0.05) is 31.5 Å². The number of para-hydroxylation sites is 1. The third kappa shape index (κ3) is 3.04. The second-order valence-electron chi connectivity index (χ2n) is 5.76. The summed E-state index contributed by atoms with van der Waals surface area (Å²) in [7, 11) is 0. The predicted molar refractivity (Wildman–Crippen MR) is 77.4 cm³/mol. The lowest BCUT2D eigenvalue weighted by Crippen LogP contribution is -2.23. The summed E-state index contributed by atoms with van der Waals surface area (Å²) >= 11 is 0. The first-order chi connectivity index (χ1) is 9.83. The standard InChI is InChI=1S/C15H21N5/c1-12-7-8-13(9-12)10-16-11-15-17-18-19-20(15)14-5-3-2-4-6-14/h2-6,12-13,16H,7-11H2,1H3. The highest BCUT2D eigenvalue weighted by Gasteiger charge is 2.20. The molecule has 0 radical (unpaired) electrons. The fraction of sp³-hybridized carbons (Fsp3) is 0.533. The number of hydrogen-bond acceptors (Lipinski definition) is 4. The van der Waals surface area contributed by atoms with Gasteiger partial charge in [0.25, 0.3) is 0 Å². The molecule has 106 valence electrons. The Kier molecular flexibility index (Phi) is 4.06. The molecule has 1 aromatic heterocycles. The number of rotatable bonds is 5. The molecule has 0 amide bonds. The Bertz CT molecular complexity index is 536. The van der Waals surface area contributed by atoms with Crippen molar-refractivity contribution in [3.05, 3.63) is 36.2 Å². The summed E-state index contributed by atoms with van der Waals surface area (Å²) in [6.45, 7) is 4.12. The Morgan fingerprint density at radius 3 is 2.85 bits per heavy atom. The van der Waals surface area contributed by atoms with Crippen LogP contribution in [0, 0.1) is 11.8 Å². The van der Waals surface area contributed by atoms with Crippen molar-refractivity contribution < 1.29 is 0 Å². The van der Waals surface area contributed by atoms with Crippen LogP contribution in [0.4, 0.5) is 0 Å². The lowest BCUT2D eigenvalue weighted by atomic mass is 10.1. The van der Waals surface area contributed by atoms with Crippen molar-refractivity contribution in [3.8, 4) is 5.69 Å². The molecular weight excluding hydrogens is 250 g/mol. The number of benzene rings is 1. The molecule has 1 aromatic carbocycles. The third-order valence-corrected chi connectivity index (χ3v) is 4.05. The molecule has 1 N–H and O–H groups in total. The van der Waals surface area contributed by atoms with Gasteiger partial charge in [0.2, 0.25) is 0 Å². The molecule has 1 heterocycles. The molecule has 3 rings (SSSR count). The van der Waals surface area contributed by atoms with E-state index in [1.54, 1.807) is 4.68 Å². The molecule has 1 aliphatic carbocycles. The van der Waals surface area contributed by atoms with Crippen LogP contribution in [0.5, 0.6) is 0 Å². The molecule has 0 saturated heterocycles. The topological polar surface area (TPSA) is 55.6 Å². The van der Waals surface area contributed by atoms with Crippen molar-refractivity contribution >= 4 is 0 Å². The van der Waals surface area contributed by atoms with E-state index in [2.05, 4.69) is 27.8 Å². The molecule has 5 heteroatoms. The Morgan fingerprint density at radius 1 is 1.25 bits per heavy atom. The normalized spacial score (nSPS) is 22.2. The number of tetrazole rings is 1. The molecule has 0 spiro atoms. The van der Waals surface area contributed by atoms with Crippen LogP contribution in [-0.4, -0.2) is 26.8 Å². The molecular formula is C15H21N5. The highest BCUT2D eigenvalue weighted by molar-refractivity contribution is 5.30. The van der Waals surface area contributed by atoms with E-state index >= 15 is 0 Å². The molecule has 2 atom stereocenters. The molecule has 1 fully saturated rings. The second kappa shape index (κ2) is 6.13. The molecule has 1 saturated carbocycles. The monoisotopic (exact) mass is 271 g/mol. The quantitative estimate of drug-likeness (QED) is 0.905. The summed E-state index contributed by atoms with van der Waals surface area (Å²) in [5.74, 6) is 2.56. The van der Waals surface area contributed by atoms with Gasteiger partial charge in [-0.2, -0.15) is 4.68 Å². The van der Waals surface area contributed by atoms with E-state index in [1.165, 1.54) is 19.3 Å². The van der Waals surface area contributed by atoms with Crippen LogP contribution in [-0.2, 0) is 6.54 Å². The zero-order valence-electron chi connectivity index (χ0n) is 11.9. The number of hydrogen-bond donors (Lipinski definition) is 1. The van der Waals surface area contributed by atoms with E-state index in [0.29, 0.717) is 6.54 Å². The zero-order valence-corrected chi connectivity index (χ0v) is 11.9. The Balaban J connectivity index is 1.57. The maximum absolute atomic E-state index is 4.11. The minimum atomic E-state index is 0.715. The predicted octanol–water partition coefficient (Wildman–Crippen LogP) is 2.19. The van der Waals surface area contributed by atoms with E-state index in [9.17, 15) is 0 Å². The van der Waals surface area contributed by atoms with E-state index in [-0.39, 0.29) is 0 Å². The van der Waals surface area contributed by atoms with Gasteiger partial charge in [0.1, 0.15) is 0 Å². The average molecular weight is 271 g/mol. The van der Waals surface area contributed by atoms with Crippen LogP contribution < -0.4 is 5.32 Å². The van der Waals surface area contributed by atoms with Crippen LogP contribution in [0.3, 0.4) is 0 Å².